The first-order chi connectivity index (χ1) is 28.8. The first-order valence-corrected chi connectivity index (χ1v) is 21.9. The fourth-order valence-corrected chi connectivity index (χ4v) is 8.58. The summed E-state index contributed by atoms with van der Waals surface area (Å²) in [5, 5.41) is 21.8. The molecule has 326 valence electrons. The maximum absolute atomic E-state index is 14.1. The van der Waals surface area contributed by atoms with Gasteiger partial charge in [-0.05, 0) is 53.0 Å². The first kappa shape index (κ1) is 45.3. The molecule has 14 heteroatoms. The van der Waals surface area contributed by atoms with E-state index in [2.05, 4.69) is 49.1 Å². The summed E-state index contributed by atoms with van der Waals surface area (Å²) in [5.74, 6) is -1.11. The summed E-state index contributed by atoms with van der Waals surface area (Å²) in [7, 11) is 0. The molecule has 1 saturated heterocycles. The topological polar surface area (TPSA) is 179 Å². The number of benzene rings is 2. The molecule has 2 aromatic carbocycles. The predicted octanol–water partition coefficient (Wildman–Crippen LogP) is 6.47. The highest BCUT2D eigenvalue weighted by Crippen LogP contribution is 2.30. The molecule has 1 aliphatic rings. The number of rotatable bonds is 17. The Morgan fingerprint density at radius 3 is 2.34 bits per heavy atom. The average Bonchev–Trinajstić information content (AvgIpc) is 3.92. The minimum absolute atomic E-state index is 0.00190. The van der Waals surface area contributed by atoms with E-state index in [1.54, 1.807) is 17.5 Å². The molecular formula is C47H61N7O6S. The van der Waals surface area contributed by atoms with Crippen LogP contribution in [0.15, 0.2) is 66.4 Å². The lowest BCUT2D eigenvalue weighted by atomic mass is 9.84. The van der Waals surface area contributed by atoms with Crippen LogP contribution < -0.4 is 16.0 Å². The highest BCUT2D eigenvalue weighted by molar-refractivity contribution is 7.13. The van der Waals surface area contributed by atoms with Crippen LogP contribution in [0.1, 0.15) is 84.5 Å². The molecule has 1 aliphatic heterocycles. The highest BCUT2D eigenvalue weighted by atomic mass is 32.1. The number of aryl methyl sites for hydroxylation is 2. The van der Waals surface area contributed by atoms with Gasteiger partial charge in [0.05, 0.1) is 35.4 Å². The van der Waals surface area contributed by atoms with E-state index in [0.29, 0.717) is 26.0 Å². The third-order valence-corrected chi connectivity index (χ3v) is 12.2. The van der Waals surface area contributed by atoms with E-state index >= 15 is 0 Å². The summed E-state index contributed by atoms with van der Waals surface area (Å²) in [6.07, 6.45) is 3.94. The van der Waals surface area contributed by atoms with Gasteiger partial charge in [0.2, 0.25) is 23.6 Å². The molecule has 4 amide bonds. The number of β-amino-alcohol motifs (C(OH)–C–C–N with tert-alkyl or cyclic N) is 1. The number of carbonyl (C=O) groups excluding carboxylic acids is 4. The SMILES string of the molecule is Cc1ncsc1-c1ccc(CNC(=O)[C@@H]2C[C@@H](O)CN2C(=O)[C@@H](NC(=O)CC(C)(C)COCC(C)(C)CNC(=O)CCc2ccc3c(c2)[nH]c2ccncc23)C(C)(C)C)cc1. The van der Waals surface area contributed by atoms with Crippen molar-refractivity contribution in [3.63, 3.8) is 0 Å². The lowest BCUT2D eigenvalue weighted by Gasteiger charge is -2.36. The van der Waals surface area contributed by atoms with Gasteiger partial charge in [0.15, 0.2) is 0 Å². The molecule has 0 spiro atoms. The van der Waals surface area contributed by atoms with E-state index in [4.69, 9.17) is 4.74 Å². The number of nitrogens with zero attached hydrogens (tertiary/aromatic N) is 3. The van der Waals surface area contributed by atoms with E-state index in [0.717, 1.165) is 49.1 Å². The largest absolute Gasteiger partial charge is 0.391 e. The Labute approximate surface area is 362 Å². The van der Waals surface area contributed by atoms with Crippen LogP contribution in [0.3, 0.4) is 0 Å². The van der Waals surface area contributed by atoms with Crippen molar-refractivity contribution in [2.75, 3.05) is 26.3 Å². The number of likely N-dealkylation sites (tertiary alicyclic amines) is 1. The molecule has 0 saturated carbocycles. The number of ether oxygens (including phenoxy) is 1. The standard InChI is InChI=1S/C47H61N7O6S/c1-29-41(61-28-51-29)32-13-9-31(10-14-32)22-49-43(58)38-20-33(55)24-54(38)44(59)42(45(2,3)4)53-40(57)21-46(5,6)26-60-27-47(7,8)25-50-39(56)16-12-30-11-15-34-35-23-48-18-17-36(35)52-37(34)19-30/h9-11,13-15,17-19,23,28,33,38,42,52,55H,12,16,20-22,24-27H2,1-8H3,(H,49,58)(H,50,56)(H,53,57)/t33-,38+,42-/m1/s1. The van der Waals surface area contributed by atoms with Crippen LogP contribution in [0.25, 0.3) is 32.2 Å². The third-order valence-electron chi connectivity index (χ3n) is 11.2. The molecule has 3 aromatic heterocycles. The van der Waals surface area contributed by atoms with Gasteiger partial charge < -0.3 is 35.7 Å². The lowest BCUT2D eigenvalue weighted by Crippen LogP contribution is -2.58. The zero-order chi connectivity index (χ0) is 44.1. The third kappa shape index (κ3) is 11.8. The van der Waals surface area contributed by atoms with E-state index in [1.807, 2.05) is 97.4 Å². The number of amides is 4. The number of aromatic amines is 1. The fraction of sp³-hybridized carbons (Fsp3) is 0.489. The van der Waals surface area contributed by atoms with Crippen molar-refractivity contribution in [1.29, 1.82) is 0 Å². The van der Waals surface area contributed by atoms with Gasteiger partial charge in [-0.2, -0.15) is 0 Å². The Kier molecular flexibility index (Phi) is 14.0. The minimum Gasteiger partial charge on any atom is -0.391 e. The van der Waals surface area contributed by atoms with Crippen molar-refractivity contribution >= 4 is 56.8 Å². The van der Waals surface area contributed by atoms with Gasteiger partial charge in [0.1, 0.15) is 12.1 Å². The summed E-state index contributed by atoms with van der Waals surface area (Å²) in [4.78, 5) is 68.5. The van der Waals surface area contributed by atoms with Gasteiger partial charge in [-0.1, -0.05) is 84.9 Å². The second-order valence-corrected chi connectivity index (χ2v) is 20.0. The summed E-state index contributed by atoms with van der Waals surface area (Å²) >= 11 is 1.58. The number of H-pyrrole nitrogens is 1. The van der Waals surface area contributed by atoms with Crippen molar-refractivity contribution in [2.45, 2.75) is 106 Å². The van der Waals surface area contributed by atoms with E-state index in [1.165, 1.54) is 4.90 Å². The summed E-state index contributed by atoms with van der Waals surface area (Å²) in [5.41, 5.74) is 6.27. The molecule has 6 rings (SSSR count). The van der Waals surface area contributed by atoms with Crippen LogP contribution in [0.2, 0.25) is 0 Å². The molecule has 5 N–H and O–H groups in total. The van der Waals surface area contributed by atoms with Gasteiger partial charge in [-0.25, -0.2) is 4.98 Å². The smallest absolute Gasteiger partial charge is 0.246 e. The first-order valence-electron chi connectivity index (χ1n) is 21.0. The maximum Gasteiger partial charge on any atom is 0.246 e. The van der Waals surface area contributed by atoms with Crippen LogP contribution in [-0.2, 0) is 36.9 Å². The average molecular weight is 852 g/mol. The number of aliphatic hydroxyl groups is 1. The zero-order valence-corrected chi connectivity index (χ0v) is 37.5. The van der Waals surface area contributed by atoms with Crippen LogP contribution in [0, 0.1) is 23.2 Å². The number of hydrogen-bond acceptors (Lipinski definition) is 9. The Morgan fingerprint density at radius 2 is 1.64 bits per heavy atom. The molecular weight excluding hydrogens is 791 g/mol. The molecule has 0 bridgehead atoms. The normalized spacial score (nSPS) is 16.5. The zero-order valence-electron chi connectivity index (χ0n) is 36.7. The fourth-order valence-electron chi connectivity index (χ4n) is 7.77. The van der Waals surface area contributed by atoms with Gasteiger partial charge in [0.25, 0.3) is 0 Å². The molecule has 4 heterocycles. The Balaban J connectivity index is 0.946. The van der Waals surface area contributed by atoms with Crippen LogP contribution in [-0.4, -0.2) is 93.1 Å². The van der Waals surface area contributed by atoms with Crippen molar-refractivity contribution < 1.29 is 29.0 Å². The Hall–Kier alpha value is -5.18. The molecule has 0 radical (unpaired) electrons. The van der Waals surface area contributed by atoms with Gasteiger partial charge in [0, 0.05) is 78.5 Å². The monoisotopic (exact) mass is 851 g/mol. The number of carbonyl (C=O) groups is 4. The highest BCUT2D eigenvalue weighted by Gasteiger charge is 2.44. The minimum atomic E-state index is -0.934. The van der Waals surface area contributed by atoms with E-state index in [9.17, 15) is 24.3 Å². The number of aromatic nitrogens is 3. The number of thiazole rings is 1. The van der Waals surface area contributed by atoms with Gasteiger partial charge >= 0.3 is 0 Å². The predicted molar refractivity (Wildman–Crippen MR) is 240 cm³/mol. The van der Waals surface area contributed by atoms with Gasteiger partial charge in [-0.15, -0.1) is 11.3 Å². The van der Waals surface area contributed by atoms with Crippen LogP contribution in [0.4, 0.5) is 0 Å². The Bertz CT molecular complexity index is 2340. The second kappa shape index (κ2) is 18.8. The molecule has 3 atom stereocenters. The number of aliphatic hydroxyl groups excluding tert-OH is 1. The van der Waals surface area contributed by atoms with Crippen LogP contribution in [0.5, 0.6) is 0 Å². The lowest BCUT2D eigenvalue weighted by molar-refractivity contribution is -0.144. The van der Waals surface area contributed by atoms with Crippen molar-refractivity contribution in [3.05, 3.63) is 83.3 Å². The molecule has 0 unspecified atom stereocenters. The number of fused-ring (bicyclic) bond motifs is 3. The van der Waals surface area contributed by atoms with Crippen molar-refractivity contribution in [1.82, 2.24) is 35.8 Å². The number of pyridine rings is 1. The van der Waals surface area contributed by atoms with E-state index < -0.39 is 34.9 Å². The summed E-state index contributed by atoms with van der Waals surface area (Å²) < 4.78 is 6.14. The Morgan fingerprint density at radius 1 is 0.918 bits per heavy atom. The maximum atomic E-state index is 14.1. The quantitative estimate of drug-likeness (QED) is 0.0707. The van der Waals surface area contributed by atoms with Crippen LogP contribution >= 0.6 is 11.3 Å². The van der Waals surface area contributed by atoms with Crippen molar-refractivity contribution in [2.24, 2.45) is 16.2 Å². The molecule has 1 fully saturated rings. The van der Waals surface area contributed by atoms with Gasteiger partial charge in [-0.3, -0.25) is 24.2 Å². The molecule has 61 heavy (non-hydrogen) atoms. The number of nitrogens with one attached hydrogen (secondary N) is 4. The second-order valence-electron chi connectivity index (χ2n) is 19.1. The summed E-state index contributed by atoms with van der Waals surface area (Å²) in [6, 6.07) is 14.3. The van der Waals surface area contributed by atoms with E-state index in [-0.39, 0.29) is 55.7 Å². The summed E-state index contributed by atoms with van der Waals surface area (Å²) in [6.45, 7) is 16.8. The number of hydrogen-bond donors (Lipinski definition) is 5. The molecule has 0 aliphatic carbocycles. The molecule has 5 aromatic rings. The molecule has 13 nitrogen and oxygen atoms in total. The van der Waals surface area contributed by atoms with Crippen molar-refractivity contribution in [3.8, 4) is 10.4 Å².